The van der Waals surface area contributed by atoms with E-state index in [1.165, 1.54) is 0 Å². The average Bonchev–Trinajstić information content (AvgIpc) is 2.79. The summed E-state index contributed by atoms with van der Waals surface area (Å²) < 4.78 is 30.5. The summed E-state index contributed by atoms with van der Waals surface area (Å²) in [4.78, 5) is 16.7. The van der Waals surface area contributed by atoms with E-state index in [-0.39, 0.29) is 30.3 Å². The third-order valence-electron chi connectivity index (χ3n) is 5.32. The zero-order chi connectivity index (χ0) is 16.2. The normalized spacial score (nSPS) is 32.1. The molecule has 0 saturated carbocycles. The highest BCUT2D eigenvalue weighted by Crippen LogP contribution is 2.40. The highest BCUT2D eigenvalue weighted by atomic mass is 19.3. The van der Waals surface area contributed by atoms with E-state index in [9.17, 15) is 13.6 Å². The highest BCUT2D eigenvalue weighted by molar-refractivity contribution is 5.88. The van der Waals surface area contributed by atoms with E-state index in [4.69, 9.17) is 4.74 Å². The van der Waals surface area contributed by atoms with Gasteiger partial charge in [0.1, 0.15) is 0 Å². The zero-order valence-electron chi connectivity index (χ0n) is 13.5. The van der Waals surface area contributed by atoms with Gasteiger partial charge in [0.15, 0.2) is 0 Å². The summed E-state index contributed by atoms with van der Waals surface area (Å²) in [5.74, 6) is 0.134. The first-order valence-electron chi connectivity index (χ1n) is 8.70. The molecule has 0 aromatic rings. The molecule has 3 aliphatic heterocycles. The van der Waals surface area contributed by atoms with Gasteiger partial charge in [-0.15, -0.1) is 0 Å². The van der Waals surface area contributed by atoms with Crippen molar-refractivity contribution in [3.63, 3.8) is 0 Å². The highest BCUT2D eigenvalue weighted by Gasteiger charge is 2.42. The number of ether oxygens (including phenoxy) is 1. The van der Waals surface area contributed by atoms with Gasteiger partial charge in [-0.3, -0.25) is 9.69 Å². The van der Waals surface area contributed by atoms with Gasteiger partial charge >= 0.3 is 0 Å². The van der Waals surface area contributed by atoms with Crippen molar-refractivity contribution in [2.24, 2.45) is 5.92 Å². The molecule has 2 unspecified atom stereocenters. The molecule has 3 saturated heterocycles. The van der Waals surface area contributed by atoms with E-state index >= 15 is 0 Å². The van der Waals surface area contributed by atoms with Gasteiger partial charge < -0.3 is 9.64 Å². The minimum absolute atomic E-state index is 0.0120. The van der Waals surface area contributed by atoms with Crippen LogP contribution < -0.4 is 0 Å². The Bertz CT molecular complexity index is 424. The van der Waals surface area contributed by atoms with Crippen LogP contribution in [0.1, 0.15) is 32.1 Å². The molecule has 2 atom stereocenters. The summed E-state index contributed by atoms with van der Waals surface area (Å²) in [6.45, 7) is 4.09. The van der Waals surface area contributed by atoms with E-state index in [1.54, 1.807) is 6.08 Å². The van der Waals surface area contributed by atoms with E-state index in [1.807, 2.05) is 11.0 Å². The van der Waals surface area contributed by atoms with Gasteiger partial charge in [-0.2, -0.15) is 0 Å². The molecule has 4 nitrogen and oxygen atoms in total. The lowest BCUT2D eigenvalue weighted by atomic mass is 9.88. The zero-order valence-corrected chi connectivity index (χ0v) is 13.5. The average molecular weight is 328 g/mol. The van der Waals surface area contributed by atoms with Gasteiger partial charge in [-0.25, -0.2) is 8.78 Å². The molecule has 0 N–H and O–H groups in total. The fourth-order valence-corrected chi connectivity index (χ4v) is 4.27. The van der Waals surface area contributed by atoms with E-state index in [0.717, 1.165) is 58.5 Å². The van der Waals surface area contributed by atoms with Gasteiger partial charge in [0.05, 0.1) is 13.2 Å². The van der Waals surface area contributed by atoms with Crippen molar-refractivity contribution < 1.29 is 18.3 Å². The standard InChI is InChI=1S/C17H26F2N2O2/c18-16(19)12-13-10-14-3-4-15(11-13)21(14)17(22)2-1-5-20-6-8-23-9-7-20/h1-2,13-16H,3-12H2/b2-1+. The number of carbonyl (C=O) groups is 1. The lowest BCUT2D eigenvalue weighted by Gasteiger charge is -2.38. The van der Waals surface area contributed by atoms with Gasteiger partial charge in [0.25, 0.3) is 0 Å². The van der Waals surface area contributed by atoms with Crippen LogP contribution in [0.25, 0.3) is 0 Å². The predicted octanol–water partition coefficient (Wildman–Crippen LogP) is 2.30. The second-order valence-corrected chi connectivity index (χ2v) is 6.91. The molecule has 6 heteroatoms. The van der Waals surface area contributed by atoms with Crippen molar-refractivity contribution >= 4 is 5.91 Å². The third-order valence-corrected chi connectivity index (χ3v) is 5.32. The minimum Gasteiger partial charge on any atom is -0.379 e. The fraction of sp³-hybridized carbons (Fsp3) is 0.824. The molecule has 3 rings (SSSR count). The maximum atomic E-state index is 12.6. The second kappa shape index (κ2) is 7.71. The number of morpholine rings is 1. The van der Waals surface area contributed by atoms with Gasteiger partial charge in [-0.1, -0.05) is 6.08 Å². The molecule has 3 aliphatic rings. The number of hydrogen-bond donors (Lipinski definition) is 0. The Morgan fingerprint density at radius 2 is 1.83 bits per heavy atom. The van der Waals surface area contributed by atoms with Crippen LogP contribution in [0.15, 0.2) is 12.2 Å². The Hall–Kier alpha value is -1.01. The van der Waals surface area contributed by atoms with Crippen LogP contribution in [-0.4, -0.2) is 67.1 Å². The summed E-state index contributed by atoms with van der Waals surface area (Å²) >= 11 is 0. The number of hydrogen-bond acceptors (Lipinski definition) is 3. The van der Waals surface area contributed by atoms with Crippen LogP contribution in [-0.2, 0) is 9.53 Å². The van der Waals surface area contributed by atoms with Crippen LogP contribution in [0, 0.1) is 5.92 Å². The minimum atomic E-state index is -2.23. The first-order valence-corrected chi connectivity index (χ1v) is 8.70. The molecule has 0 radical (unpaired) electrons. The smallest absolute Gasteiger partial charge is 0.246 e. The molecule has 0 aromatic carbocycles. The molecule has 0 aliphatic carbocycles. The first kappa shape index (κ1) is 16.8. The molecular weight excluding hydrogens is 302 g/mol. The van der Waals surface area contributed by atoms with Crippen molar-refractivity contribution in [3.8, 4) is 0 Å². The number of amides is 1. The Morgan fingerprint density at radius 3 is 2.43 bits per heavy atom. The number of halogens is 2. The largest absolute Gasteiger partial charge is 0.379 e. The maximum absolute atomic E-state index is 12.6. The van der Waals surface area contributed by atoms with Gasteiger partial charge in [0, 0.05) is 44.2 Å². The number of rotatable bonds is 5. The van der Waals surface area contributed by atoms with E-state index < -0.39 is 6.43 Å². The fourth-order valence-electron chi connectivity index (χ4n) is 4.27. The number of piperidine rings is 1. The Labute approximate surface area is 136 Å². The first-order chi connectivity index (χ1) is 11.1. The maximum Gasteiger partial charge on any atom is 0.246 e. The molecule has 3 fully saturated rings. The quantitative estimate of drug-likeness (QED) is 0.726. The summed E-state index contributed by atoms with van der Waals surface area (Å²) in [6.07, 6.45) is 4.78. The van der Waals surface area contributed by atoms with Crippen LogP contribution in [0.5, 0.6) is 0 Å². The summed E-state index contributed by atoms with van der Waals surface area (Å²) in [5.41, 5.74) is 0. The molecule has 0 spiro atoms. The van der Waals surface area contributed by atoms with E-state index in [0.29, 0.717) is 0 Å². The number of fused-ring (bicyclic) bond motifs is 2. The second-order valence-electron chi connectivity index (χ2n) is 6.91. The van der Waals surface area contributed by atoms with E-state index in [2.05, 4.69) is 4.90 Å². The van der Waals surface area contributed by atoms with Crippen LogP contribution in [0.3, 0.4) is 0 Å². The molecular formula is C17H26F2N2O2. The van der Waals surface area contributed by atoms with Crippen LogP contribution >= 0.6 is 0 Å². The number of alkyl halides is 2. The molecule has 23 heavy (non-hydrogen) atoms. The Balaban J connectivity index is 1.50. The SMILES string of the molecule is O=C(/C=C/CN1CCOCC1)N1C2CCC1CC(CC(F)F)C2. The van der Waals surface area contributed by atoms with Crippen molar-refractivity contribution in [2.45, 2.75) is 50.6 Å². The number of carbonyl (C=O) groups excluding carboxylic acids is 1. The summed E-state index contributed by atoms with van der Waals surface area (Å²) in [7, 11) is 0. The Morgan fingerprint density at radius 1 is 1.17 bits per heavy atom. The number of nitrogens with zero attached hydrogens (tertiary/aromatic N) is 2. The monoisotopic (exact) mass is 328 g/mol. The molecule has 1 amide bonds. The third kappa shape index (κ3) is 4.29. The van der Waals surface area contributed by atoms with Crippen LogP contribution in [0.2, 0.25) is 0 Å². The Kier molecular flexibility index (Phi) is 5.64. The lowest BCUT2D eigenvalue weighted by molar-refractivity contribution is -0.131. The van der Waals surface area contributed by atoms with Crippen molar-refractivity contribution in [1.29, 1.82) is 0 Å². The van der Waals surface area contributed by atoms with Crippen molar-refractivity contribution in [1.82, 2.24) is 9.80 Å². The summed E-state index contributed by atoms with van der Waals surface area (Å²) in [5, 5.41) is 0. The topological polar surface area (TPSA) is 32.8 Å². The van der Waals surface area contributed by atoms with Crippen molar-refractivity contribution in [2.75, 3.05) is 32.8 Å². The molecule has 0 aromatic heterocycles. The molecule has 2 bridgehead atoms. The van der Waals surface area contributed by atoms with Crippen molar-refractivity contribution in [3.05, 3.63) is 12.2 Å². The van der Waals surface area contributed by atoms with Gasteiger partial charge in [0.2, 0.25) is 12.3 Å². The predicted molar refractivity (Wildman–Crippen MR) is 83.4 cm³/mol. The summed E-state index contributed by atoms with van der Waals surface area (Å²) in [6, 6.07) is 0.330. The molecule has 130 valence electrons. The molecule has 3 heterocycles. The lowest BCUT2D eigenvalue weighted by Crippen LogP contribution is -2.46. The van der Waals surface area contributed by atoms with Gasteiger partial charge in [-0.05, 0) is 31.6 Å². The van der Waals surface area contributed by atoms with Crippen LogP contribution in [0.4, 0.5) is 8.78 Å².